The predicted octanol–water partition coefficient (Wildman–Crippen LogP) is 5.92. The Balaban J connectivity index is 2.80. The number of ether oxygens (including phenoxy) is 1. The van der Waals surface area contributed by atoms with E-state index in [1.54, 1.807) is 6.92 Å². The fraction of sp³-hybridized carbons (Fsp3) is 0.667. The molecule has 0 saturated heterocycles. The Hall–Kier alpha value is -0.980. The van der Waals surface area contributed by atoms with Crippen molar-refractivity contribution in [3.63, 3.8) is 0 Å². The van der Waals surface area contributed by atoms with Crippen LogP contribution in [0.15, 0.2) is 35.9 Å². The second-order valence-electron chi connectivity index (χ2n) is 9.46. The smallest absolute Gasteiger partial charge is 0.342 e. The van der Waals surface area contributed by atoms with E-state index in [-0.39, 0.29) is 12.1 Å². The van der Waals surface area contributed by atoms with E-state index in [0.717, 1.165) is 36.1 Å². The van der Waals surface area contributed by atoms with Crippen LogP contribution in [-0.4, -0.2) is 50.4 Å². The molecule has 0 radical (unpaired) electrons. The number of nitrogens with zero attached hydrogens (tertiary/aromatic N) is 1. The molecule has 3 atom stereocenters. The summed E-state index contributed by atoms with van der Waals surface area (Å²) in [5, 5.41) is 0. The van der Waals surface area contributed by atoms with E-state index < -0.39 is 33.9 Å². The first kappa shape index (κ1) is 31.1. The molecule has 1 rings (SSSR count). The van der Waals surface area contributed by atoms with Crippen molar-refractivity contribution in [2.75, 3.05) is 19.1 Å². The molecular formula is C24H43NO7P2. The Bertz CT molecular complexity index is 865. The highest BCUT2D eigenvalue weighted by molar-refractivity contribution is 7.53. The summed E-state index contributed by atoms with van der Waals surface area (Å²) in [7, 11) is -8.50. The summed E-state index contributed by atoms with van der Waals surface area (Å²) in [5.41, 5.74) is 1.79. The summed E-state index contributed by atoms with van der Waals surface area (Å²) in [6.45, 7) is 12.1. The van der Waals surface area contributed by atoms with Crippen LogP contribution in [0.4, 0.5) is 0 Å². The van der Waals surface area contributed by atoms with Gasteiger partial charge < -0.3 is 23.9 Å². The highest BCUT2D eigenvalue weighted by Gasteiger charge is 2.29. The Kier molecular flexibility index (Phi) is 12.7. The quantitative estimate of drug-likeness (QED) is 0.182. The minimum atomic E-state index is -4.42. The van der Waals surface area contributed by atoms with Gasteiger partial charge in [-0.15, -0.1) is 0 Å². The van der Waals surface area contributed by atoms with Crippen LogP contribution >= 0.6 is 15.2 Å². The van der Waals surface area contributed by atoms with Crippen LogP contribution in [0.2, 0.25) is 0 Å². The van der Waals surface area contributed by atoms with Gasteiger partial charge in [0, 0.05) is 6.54 Å². The van der Waals surface area contributed by atoms with Crippen LogP contribution < -0.4 is 4.74 Å². The van der Waals surface area contributed by atoms with E-state index in [9.17, 15) is 23.8 Å². The standard InChI is InChI=1S/C24H43NO7P2/c1-7-16-24(6,8-2)31-23-13-11-22(12-14-23)15-17-25(18-33(26,27)28)19-34(29,30)32-21(5)10-9-20(3)4/h9,11-14,21H,7-8,10,15-19H2,1-6H3,(H,29,30)(H2,26,27,28). The molecule has 0 aliphatic carbocycles. The molecule has 0 fully saturated rings. The summed E-state index contributed by atoms with van der Waals surface area (Å²) in [6.07, 6.45) is 4.18. The maximum absolute atomic E-state index is 12.6. The third-order valence-electron chi connectivity index (χ3n) is 5.50. The molecule has 34 heavy (non-hydrogen) atoms. The van der Waals surface area contributed by atoms with Crippen molar-refractivity contribution >= 4 is 15.2 Å². The molecule has 0 aliphatic rings. The first-order valence-electron chi connectivity index (χ1n) is 11.9. The van der Waals surface area contributed by atoms with Gasteiger partial charge in [0.05, 0.1) is 6.10 Å². The lowest BCUT2D eigenvalue weighted by Crippen LogP contribution is -2.31. The van der Waals surface area contributed by atoms with E-state index in [2.05, 4.69) is 20.8 Å². The monoisotopic (exact) mass is 519 g/mol. The first-order chi connectivity index (χ1) is 15.7. The number of hydrogen-bond donors (Lipinski definition) is 3. The van der Waals surface area contributed by atoms with Gasteiger partial charge in [-0.1, -0.05) is 44.1 Å². The normalized spacial score (nSPS) is 16.5. The van der Waals surface area contributed by atoms with Crippen molar-refractivity contribution in [2.45, 2.75) is 85.4 Å². The molecule has 0 heterocycles. The number of allylic oxidation sites excluding steroid dienone is 1. The van der Waals surface area contributed by atoms with Crippen LogP contribution in [0.3, 0.4) is 0 Å². The zero-order valence-corrected chi connectivity index (χ0v) is 23.2. The van der Waals surface area contributed by atoms with E-state index in [0.29, 0.717) is 12.8 Å². The minimum Gasteiger partial charge on any atom is -0.488 e. The Morgan fingerprint density at radius 1 is 1.12 bits per heavy atom. The zero-order valence-electron chi connectivity index (χ0n) is 21.4. The molecule has 0 aromatic heterocycles. The summed E-state index contributed by atoms with van der Waals surface area (Å²) >= 11 is 0. The molecule has 0 spiro atoms. The van der Waals surface area contributed by atoms with Crippen molar-refractivity contribution in [3.8, 4) is 5.75 Å². The summed E-state index contributed by atoms with van der Waals surface area (Å²) in [5.74, 6) is 0.771. The van der Waals surface area contributed by atoms with Gasteiger partial charge in [-0.2, -0.15) is 0 Å². The van der Waals surface area contributed by atoms with Gasteiger partial charge in [0.2, 0.25) is 0 Å². The Morgan fingerprint density at radius 3 is 2.24 bits per heavy atom. The molecule has 8 nitrogen and oxygen atoms in total. The maximum Gasteiger partial charge on any atom is 0.342 e. The molecule has 196 valence electrons. The van der Waals surface area contributed by atoms with Crippen LogP contribution in [0.5, 0.6) is 5.75 Å². The van der Waals surface area contributed by atoms with Crippen molar-refractivity contribution in [3.05, 3.63) is 41.5 Å². The van der Waals surface area contributed by atoms with Gasteiger partial charge >= 0.3 is 15.2 Å². The molecule has 3 N–H and O–H groups in total. The predicted molar refractivity (Wildman–Crippen MR) is 137 cm³/mol. The van der Waals surface area contributed by atoms with Gasteiger partial charge in [-0.05, 0) is 71.1 Å². The Morgan fingerprint density at radius 2 is 1.74 bits per heavy atom. The van der Waals surface area contributed by atoms with E-state index in [4.69, 9.17) is 9.26 Å². The number of benzene rings is 1. The van der Waals surface area contributed by atoms with Gasteiger partial charge in [-0.25, -0.2) is 0 Å². The van der Waals surface area contributed by atoms with E-state index in [1.165, 1.54) is 4.90 Å². The molecule has 1 aromatic carbocycles. The third-order valence-corrected chi connectivity index (χ3v) is 7.71. The number of hydrogen-bond acceptors (Lipinski definition) is 5. The van der Waals surface area contributed by atoms with Gasteiger partial charge in [0.15, 0.2) is 0 Å². The molecule has 0 amide bonds. The summed E-state index contributed by atoms with van der Waals surface area (Å²) in [4.78, 5) is 30.5. The van der Waals surface area contributed by atoms with E-state index >= 15 is 0 Å². The third kappa shape index (κ3) is 13.2. The van der Waals surface area contributed by atoms with E-state index in [1.807, 2.05) is 44.2 Å². The second-order valence-corrected chi connectivity index (χ2v) is 12.8. The fourth-order valence-corrected chi connectivity index (χ4v) is 5.97. The maximum atomic E-state index is 12.6. The average molecular weight is 520 g/mol. The van der Waals surface area contributed by atoms with Crippen LogP contribution in [0.1, 0.15) is 72.8 Å². The molecule has 10 heteroatoms. The summed E-state index contributed by atoms with van der Waals surface area (Å²) < 4.78 is 35.8. The highest BCUT2D eigenvalue weighted by Crippen LogP contribution is 2.46. The molecular weight excluding hydrogens is 476 g/mol. The lowest BCUT2D eigenvalue weighted by Gasteiger charge is -2.29. The first-order valence-corrected chi connectivity index (χ1v) is 15.4. The number of rotatable bonds is 16. The van der Waals surface area contributed by atoms with Gasteiger partial charge in [0.1, 0.15) is 23.9 Å². The molecule has 0 bridgehead atoms. The summed E-state index contributed by atoms with van der Waals surface area (Å²) in [6, 6.07) is 7.58. The lowest BCUT2D eigenvalue weighted by atomic mass is 9.97. The minimum absolute atomic E-state index is 0.198. The van der Waals surface area contributed by atoms with Crippen molar-refractivity contribution in [2.24, 2.45) is 0 Å². The van der Waals surface area contributed by atoms with Crippen LogP contribution in [-0.2, 0) is 20.1 Å². The van der Waals surface area contributed by atoms with Gasteiger partial charge in [0.25, 0.3) is 0 Å². The molecule has 1 aromatic rings. The van der Waals surface area contributed by atoms with Gasteiger partial charge in [-0.3, -0.25) is 14.0 Å². The molecule has 0 aliphatic heterocycles. The molecule has 3 unspecified atom stereocenters. The lowest BCUT2D eigenvalue weighted by molar-refractivity contribution is 0.0741. The van der Waals surface area contributed by atoms with Crippen LogP contribution in [0, 0.1) is 0 Å². The second kappa shape index (κ2) is 13.9. The largest absolute Gasteiger partial charge is 0.488 e. The fourth-order valence-electron chi connectivity index (χ4n) is 3.58. The van der Waals surface area contributed by atoms with Crippen molar-refractivity contribution in [1.82, 2.24) is 4.90 Å². The Labute approximate surface area is 205 Å². The SMILES string of the molecule is CCCC(C)(CC)Oc1ccc(CCN(CP(=O)(O)O)CP(=O)(O)OC(C)CC=C(C)C)cc1. The van der Waals surface area contributed by atoms with Crippen LogP contribution in [0.25, 0.3) is 0 Å². The topological polar surface area (TPSA) is 117 Å². The zero-order chi connectivity index (χ0) is 26.0. The van der Waals surface area contributed by atoms with Crippen molar-refractivity contribution in [1.29, 1.82) is 0 Å². The average Bonchev–Trinajstić information content (AvgIpc) is 2.70. The molecule has 0 saturated carbocycles. The highest BCUT2D eigenvalue weighted by atomic mass is 31.2. The van der Waals surface area contributed by atoms with Crippen molar-refractivity contribution < 1.29 is 33.1 Å².